The van der Waals surface area contributed by atoms with E-state index < -0.39 is 9.84 Å². The third kappa shape index (κ3) is 5.87. The number of ether oxygens (including phenoxy) is 1. The fourth-order valence-corrected chi connectivity index (χ4v) is 3.28. The predicted molar refractivity (Wildman–Crippen MR) is 82.0 cm³/mol. The molecule has 1 aromatic rings. The minimum absolute atomic E-state index is 0.0893. The van der Waals surface area contributed by atoms with E-state index in [9.17, 15) is 8.42 Å². The molecular formula is C14H22O3S2. The molecule has 1 unspecified atom stereocenters. The SMILES string of the molecule is CCCCOc1ccc(S(=O)(=O)CCC(C)S)cc1. The van der Waals surface area contributed by atoms with Gasteiger partial charge in [-0.15, -0.1) is 0 Å². The van der Waals surface area contributed by atoms with E-state index in [-0.39, 0.29) is 11.0 Å². The Morgan fingerprint density at radius 1 is 1.26 bits per heavy atom. The zero-order chi connectivity index (χ0) is 14.3. The van der Waals surface area contributed by atoms with Crippen LogP contribution in [0.4, 0.5) is 0 Å². The van der Waals surface area contributed by atoms with Gasteiger partial charge in [0.2, 0.25) is 0 Å². The summed E-state index contributed by atoms with van der Waals surface area (Å²) in [6, 6.07) is 6.65. The standard InChI is InChI=1S/C14H22O3S2/c1-3-4-10-17-13-5-7-14(8-6-13)19(15,16)11-9-12(2)18/h5-8,12,18H,3-4,9-11H2,1-2H3. The molecule has 5 heteroatoms. The van der Waals surface area contributed by atoms with Crippen molar-refractivity contribution < 1.29 is 13.2 Å². The minimum atomic E-state index is -3.20. The molecule has 1 rings (SSSR count). The van der Waals surface area contributed by atoms with Gasteiger partial charge in [0.25, 0.3) is 0 Å². The number of rotatable bonds is 8. The molecule has 3 nitrogen and oxygen atoms in total. The molecule has 0 fully saturated rings. The molecule has 1 aromatic carbocycles. The molecule has 0 saturated heterocycles. The summed E-state index contributed by atoms with van der Waals surface area (Å²) >= 11 is 4.20. The maximum Gasteiger partial charge on any atom is 0.178 e. The van der Waals surface area contributed by atoms with Crippen LogP contribution in [0.25, 0.3) is 0 Å². The van der Waals surface area contributed by atoms with Gasteiger partial charge in [-0.25, -0.2) is 8.42 Å². The average Bonchev–Trinajstić information content (AvgIpc) is 2.37. The van der Waals surface area contributed by atoms with E-state index in [1.807, 2.05) is 6.92 Å². The average molecular weight is 302 g/mol. The fraction of sp³-hybridized carbons (Fsp3) is 0.571. The third-order valence-corrected chi connectivity index (χ3v) is 4.78. The van der Waals surface area contributed by atoms with Gasteiger partial charge in [-0.3, -0.25) is 0 Å². The summed E-state index contributed by atoms with van der Waals surface area (Å²) in [5.41, 5.74) is 0. The summed E-state index contributed by atoms with van der Waals surface area (Å²) in [6.07, 6.45) is 2.63. The molecule has 0 aromatic heterocycles. The van der Waals surface area contributed by atoms with Crippen LogP contribution in [0, 0.1) is 0 Å². The molecule has 0 amide bonds. The molecule has 19 heavy (non-hydrogen) atoms. The summed E-state index contributed by atoms with van der Waals surface area (Å²) in [6.45, 7) is 4.66. The van der Waals surface area contributed by atoms with E-state index >= 15 is 0 Å². The lowest BCUT2D eigenvalue weighted by molar-refractivity contribution is 0.309. The Labute approximate surface area is 121 Å². The summed E-state index contributed by atoms with van der Waals surface area (Å²) in [5.74, 6) is 0.850. The molecule has 0 aliphatic carbocycles. The van der Waals surface area contributed by atoms with Crippen LogP contribution >= 0.6 is 12.6 Å². The van der Waals surface area contributed by atoms with Crippen LogP contribution in [0.5, 0.6) is 5.75 Å². The second kappa shape index (κ2) is 7.80. The van der Waals surface area contributed by atoms with Crippen LogP contribution in [-0.2, 0) is 9.84 Å². The van der Waals surface area contributed by atoms with Gasteiger partial charge < -0.3 is 4.74 Å². The maximum atomic E-state index is 12.0. The van der Waals surface area contributed by atoms with Crippen molar-refractivity contribution in [2.24, 2.45) is 0 Å². The smallest absolute Gasteiger partial charge is 0.178 e. The highest BCUT2D eigenvalue weighted by atomic mass is 32.2. The van der Waals surface area contributed by atoms with Crippen molar-refractivity contribution in [3.05, 3.63) is 24.3 Å². The number of unbranched alkanes of at least 4 members (excludes halogenated alkanes) is 1. The summed E-state index contributed by atoms with van der Waals surface area (Å²) in [4.78, 5) is 0.351. The zero-order valence-corrected chi connectivity index (χ0v) is 13.2. The van der Waals surface area contributed by atoms with E-state index in [2.05, 4.69) is 19.6 Å². The number of benzene rings is 1. The summed E-state index contributed by atoms with van der Waals surface area (Å²) in [7, 11) is -3.20. The Morgan fingerprint density at radius 2 is 1.89 bits per heavy atom. The van der Waals surface area contributed by atoms with Crippen LogP contribution in [0.1, 0.15) is 33.1 Å². The molecule has 0 saturated carbocycles. The van der Waals surface area contributed by atoms with E-state index in [0.717, 1.165) is 18.6 Å². The largest absolute Gasteiger partial charge is 0.494 e. The van der Waals surface area contributed by atoms with Crippen molar-refractivity contribution in [3.8, 4) is 5.75 Å². The fourth-order valence-electron chi connectivity index (χ4n) is 1.52. The van der Waals surface area contributed by atoms with Gasteiger partial charge in [0.1, 0.15) is 5.75 Å². The Morgan fingerprint density at radius 3 is 2.42 bits per heavy atom. The van der Waals surface area contributed by atoms with Gasteiger partial charge >= 0.3 is 0 Å². The molecule has 1 atom stereocenters. The van der Waals surface area contributed by atoms with Gasteiger partial charge in [0, 0.05) is 0 Å². The van der Waals surface area contributed by atoms with Crippen LogP contribution in [-0.4, -0.2) is 26.0 Å². The second-order valence-corrected chi connectivity index (χ2v) is 7.62. The predicted octanol–water partition coefficient (Wildman–Crippen LogP) is 3.35. The molecular weight excluding hydrogens is 280 g/mol. The molecule has 0 aliphatic rings. The first-order valence-corrected chi connectivity index (χ1v) is 8.76. The molecule has 108 valence electrons. The first-order valence-electron chi connectivity index (χ1n) is 6.59. The van der Waals surface area contributed by atoms with Gasteiger partial charge in [-0.05, 0) is 42.4 Å². The lowest BCUT2D eigenvalue weighted by Gasteiger charge is -2.08. The highest BCUT2D eigenvalue weighted by molar-refractivity contribution is 7.91. The topological polar surface area (TPSA) is 43.4 Å². The van der Waals surface area contributed by atoms with Crippen molar-refractivity contribution in [3.63, 3.8) is 0 Å². The van der Waals surface area contributed by atoms with Gasteiger partial charge in [-0.1, -0.05) is 20.3 Å². The highest BCUT2D eigenvalue weighted by Gasteiger charge is 2.15. The third-order valence-electron chi connectivity index (χ3n) is 2.75. The highest BCUT2D eigenvalue weighted by Crippen LogP contribution is 2.18. The summed E-state index contributed by atoms with van der Waals surface area (Å²) in [5, 5.41) is 0.0893. The Hall–Kier alpha value is -0.680. The normalized spacial score (nSPS) is 13.2. The van der Waals surface area contributed by atoms with Crippen molar-refractivity contribution in [1.82, 2.24) is 0 Å². The van der Waals surface area contributed by atoms with Gasteiger partial charge in [0.05, 0.1) is 17.3 Å². The quantitative estimate of drug-likeness (QED) is 0.591. The van der Waals surface area contributed by atoms with Crippen LogP contribution in [0.15, 0.2) is 29.2 Å². The summed E-state index contributed by atoms with van der Waals surface area (Å²) < 4.78 is 29.6. The number of hydrogen-bond donors (Lipinski definition) is 1. The van der Waals surface area contributed by atoms with Gasteiger partial charge in [-0.2, -0.15) is 12.6 Å². The Kier molecular flexibility index (Phi) is 6.72. The van der Waals surface area contributed by atoms with Crippen LogP contribution in [0.3, 0.4) is 0 Å². The van der Waals surface area contributed by atoms with E-state index in [0.29, 0.717) is 17.9 Å². The second-order valence-electron chi connectivity index (χ2n) is 4.63. The number of thiol groups is 1. The monoisotopic (exact) mass is 302 g/mol. The molecule has 0 N–H and O–H groups in total. The van der Waals surface area contributed by atoms with Crippen LogP contribution in [0.2, 0.25) is 0 Å². The zero-order valence-electron chi connectivity index (χ0n) is 11.5. The van der Waals surface area contributed by atoms with E-state index in [1.54, 1.807) is 24.3 Å². The van der Waals surface area contributed by atoms with Gasteiger partial charge in [0.15, 0.2) is 9.84 Å². The van der Waals surface area contributed by atoms with Crippen molar-refractivity contribution >= 4 is 22.5 Å². The molecule has 0 bridgehead atoms. The van der Waals surface area contributed by atoms with Crippen LogP contribution < -0.4 is 4.74 Å². The first kappa shape index (κ1) is 16.4. The van der Waals surface area contributed by atoms with E-state index in [1.165, 1.54) is 0 Å². The Balaban J connectivity index is 2.64. The van der Waals surface area contributed by atoms with Crippen molar-refractivity contribution in [2.45, 2.75) is 43.3 Å². The van der Waals surface area contributed by atoms with E-state index in [4.69, 9.17) is 4.74 Å². The molecule has 0 aliphatic heterocycles. The minimum Gasteiger partial charge on any atom is -0.494 e. The molecule has 0 radical (unpaired) electrons. The molecule has 0 heterocycles. The Bertz CT molecular complexity index is 464. The number of sulfone groups is 1. The maximum absolute atomic E-state index is 12.0. The lowest BCUT2D eigenvalue weighted by atomic mass is 10.3. The molecule has 0 spiro atoms. The lowest BCUT2D eigenvalue weighted by Crippen LogP contribution is -2.10. The first-order chi connectivity index (χ1) is 8.95. The number of hydrogen-bond acceptors (Lipinski definition) is 4. The van der Waals surface area contributed by atoms with Crippen molar-refractivity contribution in [1.29, 1.82) is 0 Å². The van der Waals surface area contributed by atoms with Crippen molar-refractivity contribution in [2.75, 3.05) is 12.4 Å².